The van der Waals surface area contributed by atoms with Crippen LogP contribution >= 0.6 is 15.9 Å². The zero-order chi connectivity index (χ0) is 17.8. The Morgan fingerprint density at radius 3 is 2.32 bits per heavy atom. The highest BCUT2D eigenvalue weighted by molar-refractivity contribution is 9.10. The fourth-order valence-corrected chi connectivity index (χ4v) is 3.00. The molecule has 0 radical (unpaired) electrons. The molecule has 3 rings (SSSR count). The number of amides is 1. The van der Waals surface area contributed by atoms with Gasteiger partial charge in [0.05, 0.1) is 27.4 Å². The molecule has 0 spiro atoms. The molecule has 0 aromatic heterocycles. The topological polar surface area (TPSA) is 66.0 Å². The predicted octanol–water partition coefficient (Wildman–Crippen LogP) is 3.88. The van der Waals surface area contributed by atoms with E-state index in [9.17, 15) is 4.79 Å². The number of carbonyl (C=O) groups is 1. The minimum absolute atomic E-state index is 0.279. The normalized spacial score (nSPS) is 12.9. The van der Waals surface area contributed by atoms with E-state index in [0.29, 0.717) is 51.9 Å². The summed E-state index contributed by atoms with van der Waals surface area (Å²) in [6.07, 6.45) is 0.828. The summed E-state index contributed by atoms with van der Waals surface area (Å²) in [5, 5.41) is 2.85. The molecule has 1 N–H and O–H groups in total. The van der Waals surface area contributed by atoms with Gasteiger partial charge in [0.25, 0.3) is 5.91 Å². The molecule has 1 amide bonds. The van der Waals surface area contributed by atoms with Crippen LogP contribution in [-0.4, -0.2) is 33.3 Å². The maximum atomic E-state index is 12.6. The first-order valence-corrected chi connectivity index (χ1v) is 8.54. The van der Waals surface area contributed by atoms with Crippen LogP contribution in [0.3, 0.4) is 0 Å². The summed E-state index contributed by atoms with van der Waals surface area (Å²) in [6.45, 7) is 1.21. The molecule has 0 unspecified atom stereocenters. The minimum atomic E-state index is -0.279. The molecule has 0 bridgehead atoms. The average Bonchev–Trinajstić information content (AvgIpc) is 2.86. The number of halogens is 1. The summed E-state index contributed by atoms with van der Waals surface area (Å²) in [5.41, 5.74) is 1.04. The summed E-state index contributed by atoms with van der Waals surface area (Å²) >= 11 is 3.39. The molecule has 25 heavy (non-hydrogen) atoms. The Morgan fingerprint density at radius 2 is 1.68 bits per heavy atom. The highest BCUT2D eigenvalue weighted by atomic mass is 79.9. The Labute approximate surface area is 154 Å². The highest BCUT2D eigenvalue weighted by Crippen LogP contribution is 2.36. The quantitative estimate of drug-likeness (QED) is 0.832. The van der Waals surface area contributed by atoms with Crippen molar-refractivity contribution < 1.29 is 23.7 Å². The molecule has 6 nitrogen and oxygen atoms in total. The van der Waals surface area contributed by atoms with Crippen molar-refractivity contribution in [2.24, 2.45) is 0 Å². The first-order valence-electron chi connectivity index (χ1n) is 7.75. The van der Waals surface area contributed by atoms with Crippen molar-refractivity contribution in [3.8, 4) is 23.0 Å². The Balaban J connectivity index is 1.84. The molecule has 132 valence electrons. The number of rotatable bonds is 4. The monoisotopic (exact) mass is 407 g/mol. The summed E-state index contributed by atoms with van der Waals surface area (Å²) in [7, 11) is 3.07. The number of hydrogen-bond acceptors (Lipinski definition) is 5. The third-order valence-electron chi connectivity index (χ3n) is 3.71. The van der Waals surface area contributed by atoms with Crippen LogP contribution in [0.25, 0.3) is 0 Å². The fraction of sp³-hybridized carbons (Fsp3) is 0.278. The SMILES string of the molecule is COc1cc(C(=O)Nc2ccc3c(c2)OCCCO3)cc(OC)c1Br. The second-order valence-corrected chi connectivity index (χ2v) is 6.15. The molecular weight excluding hydrogens is 390 g/mol. The lowest BCUT2D eigenvalue weighted by molar-refractivity contribution is 0.102. The molecule has 0 saturated heterocycles. The van der Waals surface area contributed by atoms with Crippen LogP contribution in [0.1, 0.15) is 16.8 Å². The standard InChI is InChI=1S/C18H18BrNO5/c1-22-15-8-11(9-16(23-2)17(15)19)18(21)20-12-4-5-13-14(10-12)25-7-3-6-24-13/h4-5,8-10H,3,6-7H2,1-2H3,(H,20,21). The van der Waals surface area contributed by atoms with E-state index in [1.54, 1.807) is 30.3 Å². The molecule has 0 atom stereocenters. The molecule has 1 aliphatic rings. The Bertz CT molecular complexity index is 768. The van der Waals surface area contributed by atoms with E-state index >= 15 is 0 Å². The predicted molar refractivity (Wildman–Crippen MR) is 97.2 cm³/mol. The number of benzene rings is 2. The molecule has 7 heteroatoms. The van der Waals surface area contributed by atoms with E-state index in [1.807, 2.05) is 0 Å². The third-order valence-corrected chi connectivity index (χ3v) is 4.49. The van der Waals surface area contributed by atoms with Crippen LogP contribution in [0.5, 0.6) is 23.0 Å². The number of nitrogens with one attached hydrogen (secondary N) is 1. The lowest BCUT2D eigenvalue weighted by atomic mass is 10.1. The summed E-state index contributed by atoms with van der Waals surface area (Å²) in [4.78, 5) is 12.6. The van der Waals surface area contributed by atoms with Crippen molar-refractivity contribution in [3.05, 3.63) is 40.4 Å². The Hall–Kier alpha value is -2.41. The van der Waals surface area contributed by atoms with Crippen molar-refractivity contribution in [1.29, 1.82) is 0 Å². The zero-order valence-corrected chi connectivity index (χ0v) is 15.5. The lowest BCUT2D eigenvalue weighted by Crippen LogP contribution is -2.12. The van der Waals surface area contributed by atoms with Gasteiger partial charge >= 0.3 is 0 Å². The second-order valence-electron chi connectivity index (χ2n) is 5.36. The Morgan fingerprint density at radius 1 is 1.04 bits per heavy atom. The number of carbonyl (C=O) groups excluding carboxylic acids is 1. The summed E-state index contributed by atoms with van der Waals surface area (Å²) < 4.78 is 22.4. The third kappa shape index (κ3) is 3.82. The highest BCUT2D eigenvalue weighted by Gasteiger charge is 2.16. The molecule has 0 aliphatic carbocycles. The van der Waals surface area contributed by atoms with Crippen LogP contribution < -0.4 is 24.3 Å². The van der Waals surface area contributed by atoms with Gasteiger partial charge < -0.3 is 24.3 Å². The van der Waals surface area contributed by atoms with E-state index < -0.39 is 0 Å². The largest absolute Gasteiger partial charge is 0.495 e. The van der Waals surface area contributed by atoms with E-state index in [1.165, 1.54) is 14.2 Å². The van der Waals surface area contributed by atoms with Crippen molar-refractivity contribution in [2.45, 2.75) is 6.42 Å². The summed E-state index contributed by atoms with van der Waals surface area (Å²) in [5.74, 6) is 2.06. The number of fused-ring (bicyclic) bond motifs is 1. The van der Waals surface area contributed by atoms with Gasteiger partial charge in [-0.25, -0.2) is 0 Å². The van der Waals surface area contributed by atoms with Crippen LogP contribution in [0.2, 0.25) is 0 Å². The van der Waals surface area contributed by atoms with Gasteiger partial charge in [0.15, 0.2) is 11.5 Å². The zero-order valence-electron chi connectivity index (χ0n) is 13.9. The molecule has 1 aliphatic heterocycles. The number of hydrogen-bond donors (Lipinski definition) is 1. The smallest absolute Gasteiger partial charge is 0.255 e. The van der Waals surface area contributed by atoms with Crippen LogP contribution in [0.4, 0.5) is 5.69 Å². The lowest BCUT2D eigenvalue weighted by Gasteiger charge is -2.13. The van der Waals surface area contributed by atoms with Crippen LogP contribution in [0.15, 0.2) is 34.8 Å². The molecular formula is C18H18BrNO5. The molecule has 2 aromatic rings. The van der Waals surface area contributed by atoms with Crippen molar-refractivity contribution >= 4 is 27.5 Å². The number of anilines is 1. The number of methoxy groups -OCH3 is 2. The van der Waals surface area contributed by atoms with Crippen LogP contribution in [-0.2, 0) is 0 Å². The Kier molecular flexibility index (Phi) is 5.33. The van der Waals surface area contributed by atoms with Gasteiger partial charge in [0.1, 0.15) is 16.0 Å². The van der Waals surface area contributed by atoms with E-state index in [4.69, 9.17) is 18.9 Å². The van der Waals surface area contributed by atoms with Gasteiger partial charge in [-0.2, -0.15) is 0 Å². The van der Waals surface area contributed by atoms with E-state index in [-0.39, 0.29) is 5.91 Å². The number of ether oxygens (including phenoxy) is 4. The van der Waals surface area contributed by atoms with E-state index in [2.05, 4.69) is 21.2 Å². The molecule has 1 heterocycles. The van der Waals surface area contributed by atoms with Gasteiger partial charge in [-0.05, 0) is 40.2 Å². The van der Waals surface area contributed by atoms with Gasteiger partial charge in [-0.1, -0.05) is 0 Å². The van der Waals surface area contributed by atoms with Gasteiger partial charge in [-0.15, -0.1) is 0 Å². The van der Waals surface area contributed by atoms with Crippen molar-refractivity contribution in [3.63, 3.8) is 0 Å². The fourth-order valence-electron chi connectivity index (χ4n) is 2.44. The average molecular weight is 408 g/mol. The second kappa shape index (κ2) is 7.65. The molecule has 0 saturated carbocycles. The first-order chi connectivity index (χ1) is 12.1. The van der Waals surface area contributed by atoms with Gasteiger partial charge in [0.2, 0.25) is 0 Å². The maximum Gasteiger partial charge on any atom is 0.255 e. The van der Waals surface area contributed by atoms with Gasteiger partial charge in [0, 0.05) is 23.7 Å². The van der Waals surface area contributed by atoms with Crippen molar-refractivity contribution in [2.75, 3.05) is 32.8 Å². The minimum Gasteiger partial charge on any atom is -0.495 e. The first kappa shape index (κ1) is 17.4. The van der Waals surface area contributed by atoms with Crippen molar-refractivity contribution in [1.82, 2.24) is 0 Å². The molecule has 2 aromatic carbocycles. The van der Waals surface area contributed by atoms with Crippen LogP contribution in [0, 0.1) is 0 Å². The summed E-state index contributed by atoms with van der Waals surface area (Å²) in [6, 6.07) is 8.61. The molecule has 0 fully saturated rings. The van der Waals surface area contributed by atoms with Gasteiger partial charge in [-0.3, -0.25) is 4.79 Å². The maximum absolute atomic E-state index is 12.6. The van der Waals surface area contributed by atoms with E-state index in [0.717, 1.165) is 6.42 Å².